The average molecular weight is 393 g/mol. The molecule has 28 heavy (non-hydrogen) atoms. The van der Waals surface area contributed by atoms with Gasteiger partial charge in [0, 0.05) is 37.9 Å². The molecule has 1 N–H and O–H groups in total. The molecule has 0 saturated carbocycles. The standard InChI is InChI=1S/C20H22F3N3O2/c1-13(20(27)24-17-7-6-16(21)18(22)19(17)23)25-8-10-26(11-9-25)14-4-3-5-15(12-14)28-2/h3-7,12-13H,8-11H2,1-2H3,(H,24,27)/t13-/m1/s1. The zero-order valence-corrected chi connectivity index (χ0v) is 15.7. The monoisotopic (exact) mass is 393 g/mol. The lowest BCUT2D eigenvalue weighted by Crippen LogP contribution is -2.52. The normalized spacial score (nSPS) is 16.0. The van der Waals surface area contributed by atoms with Gasteiger partial charge in [0.05, 0.1) is 18.8 Å². The fourth-order valence-electron chi connectivity index (χ4n) is 3.20. The molecule has 150 valence electrons. The highest BCUT2D eigenvalue weighted by Gasteiger charge is 2.27. The first kappa shape index (κ1) is 20.0. The lowest BCUT2D eigenvalue weighted by Gasteiger charge is -2.38. The first-order chi connectivity index (χ1) is 13.4. The number of nitrogens with zero attached hydrogens (tertiary/aromatic N) is 2. The smallest absolute Gasteiger partial charge is 0.241 e. The molecule has 8 heteroatoms. The third-order valence-corrected chi connectivity index (χ3v) is 4.95. The number of carbonyl (C=O) groups is 1. The van der Waals surface area contributed by atoms with Crippen LogP contribution in [0.2, 0.25) is 0 Å². The highest BCUT2D eigenvalue weighted by atomic mass is 19.2. The van der Waals surface area contributed by atoms with E-state index in [-0.39, 0.29) is 5.69 Å². The maximum absolute atomic E-state index is 13.8. The Morgan fingerprint density at radius 3 is 2.46 bits per heavy atom. The molecule has 5 nitrogen and oxygen atoms in total. The molecule has 0 bridgehead atoms. The molecule has 1 aliphatic heterocycles. The first-order valence-electron chi connectivity index (χ1n) is 8.98. The van der Waals surface area contributed by atoms with Crippen LogP contribution in [0.4, 0.5) is 24.5 Å². The maximum Gasteiger partial charge on any atom is 0.241 e. The van der Waals surface area contributed by atoms with E-state index in [0.29, 0.717) is 26.2 Å². The molecule has 0 radical (unpaired) electrons. The van der Waals surface area contributed by atoms with Crippen molar-refractivity contribution in [1.82, 2.24) is 4.90 Å². The molecule has 1 aliphatic rings. The van der Waals surface area contributed by atoms with E-state index in [2.05, 4.69) is 10.2 Å². The Morgan fingerprint density at radius 1 is 1.07 bits per heavy atom. The molecule has 1 atom stereocenters. The van der Waals surface area contributed by atoms with Crippen LogP contribution in [0.1, 0.15) is 6.92 Å². The van der Waals surface area contributed by atoms with Crippen molar-refractivity contribution in [3.8, 4) is 5.75 Å². The molecule has 1 fully saturated rings. The number of hydrogen-bond acceptors (Lipinski definition) is 4. The van der Waals surface area contributed by atoms with Gasteiger partial charge in [-0.1, -0.05) is 6.07 Å². The summed E-state index contributed by atoms with van der Waals surface area (Å²) in [6.45, 7) is 4.39. The molecule has 2 aromatic carbocycles. The van der Waals surface area contributed by atoms with Crippen molar-refractivity contribution in [1.29, 1.82) is 0 Å². The summed E-state index contributed by atoms with van der Waals surface area (Å²) in [5.74, 6) is -3.99. The fraction of sp³-hybridized carbons (Fsp3) is 0.350. The zero-order chi connectivity index (χ0) is 20.3. The van der Waals surface area contributed by atoms with Crippen LogP contribution in [0.5, 0.6) is 5.75 Å². The highest BCUT2D eigenvalue weighted by molar-refractivity contribution is 5.94. The van der Waals surface area contributed by atoms with Gasteiger partial charge in [-0.05, 0) is 31.2 Å². The van der Waals surface area contributed by atoms with Gasteiger partial charge in [-0.25, -0.2) is 13.2 Å². The number of carbonyl (C=O) groups excluding carboxylic acids is 1. The summed E-state index contributed by atoms with van der Waals surface area (Å²) < 4.78 is 45.4. The summed E-state index contributed by atoms with van der Waals surface area (Å²) in [5, 5.41) is 2.34. The molecular weight excluding hydrogens is 371 g/mol. The zero-order valence-electron chi connectivity index (χ0n) is 15.7. The van der Waals surface area contributed by atoms with E-state index in [9.17, 15) is 18.0 Å². The van der Waals surface area contributed by atoms with E-state index in [1.54, 1.807) is 14.0 Å². The van der Waals surface area contributed by atoms with E-state index in [0.717, 1.165) is 23.6 Å². The Balaban J connectivity index is 1.59. The van der Waals surface area contributed by atoms with Crippen molar-refractivity contribution in [2.24, 2.45) is 0 Å². The minimum absolute atomic E-state index is 0.370. The molecule has 0 unspecified atom stereocenters. The molecular formula is C20H22F3N3O2. The largest absolute Gasteiger partial charge is 0.497 e. The van der Waals surface area contributed by atoms with Gasteiger partial charge in [0.15, 0.2) is 17.5 Å². The Kier molecular flexibility index (Phi) is 6.08. The second kappa shape index (κ2) is 8.52. The van der Waals surface area contributed by atoms with Gasteiger partial charge < -0.3 is 15.0 Å². The van der Waals surface area contributed by atoms with E-state index in [1.165, 1.54) is 0 Å². The van der Waals surface area contributed by atoms with Gasteiger partial charge in [0.25, 0.3) is 0 Å². The molecule has 1 heterocycles. The van der Waals surface area contributed by atoms with Crippen LogP contribution in [0.15, 0.2) is 36.4 Å². The van der Waals surface area contributed by atoms with E-state index in [4.69, 9.17) is 4.74 Å². The second-order valence-electron chi connectivity index (χ2n) is 6.61. The van der Waals surface area contributed by atoms with Gasteiger partial charge >= 0.3 is 0 Å². The lowest BCUT2D eigenvalue weighted by atomic mass is 10.2. The Labute approximate surface area is 161 Å². The van der Waals surface area contributed by atoms with Crippen LogP contribution in [0.3, 0.4) is 0 Å². The summed E-state index contributed by atoms with van der Waals surface area (Å²) >= 11 is 0. The molecule has 1 saturated heterocycles. The Morgan fingerprint density at radius 2 is 1.79 bits per heavy atom. The number of ether oxygens (including phenoxy) is 1. The van der Waals surface area contributed by atoms with Crippen molar-refractivity contribution in [2.75, 3.05) is 43.5 Å². The number of benzene rings is 2. The third kappa shape index (κ3) is 4.22. The van der Waals surface area contributed by atoms with Crippen molar-refractivity contribution >= 4 is 17.3 Å². The number of anilines is 2. The summed E-state index contributed by atoms with van der Waals surface area (Å²) in [6, 6.07) is 9.01. The summed E-state index contributed by atoms with van der Waals surface area (Å²) in [5.41, 5.74) is 0.672. The van der Waals surface area contributed by atoms with Gasteiger partial charge in [-0.15, -0.1) is 0 Å². The Bertz CT molecular complexity index is 855. The number of amides is 1. The molecule has 0 aromatic heterocycles. The number of halogens is 3. The lowest BCUT2D eigenvalue weighted by molar-refractivity contribution is -0.120. The van der Waals surface area contributed by atoms with Crippen LogP contribution in [0.25, 0.3) is 0 Å². The van der Waals surface area contributed by atoms with Gasteiger partial charge in [0.1, 0.15) is 5.75 Å². The minimum atomic E-state index is -1.60. The summed E-state index contributed by atoms with van der Waals surface area (Å²) in [6.07, 6.45) is 0. The van der Waals surface area contributed by atoms with E-state index < -0.39 is 29.4 Å². The van der Waals surface area contributed by atoms with Crippen LogP contribution in [-0.4, -0.2) is 50.1 Å². The number of rotatable bonds is 5. The van der Waals surface area contributed by atoms with Crippen molar-refractivity contribution < 1.29 is 22.7 Å². The average Bonchev–Trinajstić information content (AvgIpc) is 2.73. The number of piperazine rings is 1. The summed E-state index contributed by atoms with van der Waals surface area (Å²) in [7, 11) is 1.62. The third-order valence-electron chi connectivity index (χ3n) is 4.95. The molecule has 0 spiro atoms. The van der Waals surface area contributed by atoms with Gasteiger partial charge in [-0.2, -0.15) is 0 Å². The van der Waals surface area contributed by atoms with Crippen molar-refractivity contribution in [2.45, 2.75) is 13.0 Å². The number of methoxy groups -OCH3 is 1. The molecule has 0 aliphatic carbocycles. The van der Waals surface area contributed by atoms with Crippen molar-refractivity contribution in [3.05, 3.63) is 53.8 Å². The van der Waals surface area contributed by atoms with Gasteiger partial charge in [0.2, 0.25) is 5.91 Å². The number of hydrogen-bond donors (Lipinski definition) is 1. The van der Waals surface area contributed by atoms with Gasteiger partial charge in [-0.3, -0.25) is 9.69 Å². The van der Waals surface area contributed by atoms with Crippen LogP contribution in [0, 0.1) is 17.5 Å². The Hall–Kier alpha value is -2.74. The maximum atomic E-state index is 13.8. The molecule has 3 rings (SSSR count). The minimum Gasteiger partial charge on any atom is -0.497 e. The highest BCUT2D eigenvalue weighted by Crippen LogP contribution is 2.23. The van der Waals surface area contributed by atoms with E-state index in [1.807, 2.05) is 29.2 Å². The number of nitrogens with one attached hydrogen (secondary N) is 1. The van der Waals surface area contributed by atoms with Crippen LogP contribution >= 0.6 is 0 Å². The second-order valence-corrected chi connectivity index (χ2v) is 6.61. The topological polar surface area (TPSA) is 44.8 Å². The predicted octanol–water partition coefficient (Wildman–Crippen LogP) is 3.26. The molecule has 1 amide bonds. The predicted molar refractivity (Wildman–Crippen MR) is 101 cm³/mol. The molecule has 2 aromatic rings. The van der Waals surface area contributed by atoms with Crippen LogP contribution < -0.4 is 15.0 Å². The van der Waals surface area contributed by atoms with E-state index >= 15 is 0 Å². The quantitative estimate of drug-likeness (QED) is 0.792. The van der Waals surface area contributed by atoms with Crippen molar-refractivity contribution in [3.63, 3.8) is 0 Å². The SMILES string of the molecule is COc1cccc(N2CCN([C@H](C)C(=O)Nc3ccc(F)c(F)c3F)CC2)c1. The summed E-state index contributed by atoms with van der Waals surface area (Å²) in [4.78, 5) is 16.6. The fourth-order valence-corrected chi connectivity index (χ4v) is 3.20. The van der Waals surface area contributed by atoms with Crippen LogP contribution in [-0.2, 0) is 4.79 Å². The first-order valence-corrected chi connectivity index (χ1v) is 8.98.